The van der Waals surface area contributed by atoms with Gasteiger partial charge in [0.1, 0.15) is 0 Å². The lowest BCUT2D eigenvalue weighted by Crippen LogP contribution is -2.59. The highest BCUT2D eigenvalue weighted by molar-refractivity contribution is 5.97. The van der Waals surface area contributed by atoms with Crippen LogP contribution in [-0.2, 0) is 4.79 Å². The Hall–Kier alpha value is -1.10. The van der Waals surface area contributed by atoms with E-state index in [4.69, 9.17) is 5.73 Å². The monoisotopic (exact) mass is 225 g/mol. The van der Waals surface area contributed by atoms with Crippen molar-refractivity contribution in [3.8, 4) is 0 Å². The number of carbonyl (C=O) groups is 2. The van der Waals surface area contributed by atoms with Gasteiger partial charge < -0.3 is 10.6 Å². The van der Waals surface area contributed by atoms with Gasteiger partial charge >= 0.3 is 6.03 Å². The van der Waals surface area contributed by atoms with Crippen LogP contribution in [0.3, 0.4) is 0 Å². The van der Waals surface area contributed by atoms with E-state index in [1.807, 2.05) is 0 Å². The van der Waals surface area contributed by atoms with Gasteiger partial charge in [0, 0.05) is 6.54 Å². The molecule has 1 atom stereocenters. The molecule has 90 valence electrons. The van der Waals surface area contributed by atoms with E-state index in [2.05, 4.69) is 5.32 Å². The third-order valence-electron chi connectivity index (χ3n) is 3.48. The summed E-state index contributed by atoms with van der Waals surface area (Å²) in [7, 11) is 0. The van der Waals surface area contributed by atoms with Gasteiger partial charge in [0.2, 0.25) is 5.91 Å². The van der Waals surface area contributed by atoms with Crippen LogP contribution in [0.2, 0.25) is 0 Å². The molecule has 0 radical (unpaired) electrons. The van der Waals surface area contributed by atoms with E-state index in [-0.39, 0.29) is 18.4 Å². The molecular formula is C11H19N3O2. The highest BCUT2D eigenvalue weighted by Crippen LogP contribution is 2.25. The van der Waals surface area contributed by atoms with E-state index < -0.39 is 6.17 Å². The maximum atomic E-state index is 11.6. The molecule has 2 fully saturated rings. The molecule has 0 aromatic rings. The molecule has 1 aliphatic heterocycles. The summed E-state index contributed by atoms with van der Waals surface area (Å²) in [5.41, 5.74) is 5.82. The van der Waals surface area contributed by atoms with E-state index in [1.165, 1.54) is 32.1 Å². The average Bonchev–Trinajstić information content (AvgIpc) is 2.25. The Morgan fingerprint density at radius 1 is 1.25 bits per heavy atom. The minimum Gasteiger partial charge on any atom is -0.311 e. The van der Waals surface area contributed by atoms with Gasteiger partial charge in [0.15, 0.2) is 0 Å². The fourth-order valence-electron chi connectivity index (χ4n) is 2.56. The molecule has 0 aromatic heterocycles. The Labute approximate surface area is 95.3 Å². The zero-order chi connectivity index (χ0) is 11.5. The van der Waals surface area contributed by atoms with E-state index in [9.17, 15) is 9.59 Å². The summed E-state index contributed by atoms with van der Waals surface area (Å²) in [5, 5.41) is 2.32. The fraction of sp³-hybridized carbons (Fsp3) is 0.818. The summed E-state index contributed by atoms with van der Waals surface area (Å²) in [6.45, 7) is 0.695. The van der Waals surface area contributed by atoms with Crippen LogP contribution >= 0.6 is 0 Å². The van der Waals surface area contributed by atoms with E-state index >= 15 is 0 Å². The topological polar surface area (TPSA) is 75.4 Å². The molecule has 1 unspecified atom stereocenters. The molecule has 0 aromatic carbocycles. The first-order valence-corrected chi connectivity index (χ1v) is 6.03. The lowest BCUT2D eigenvalue weighted by atomic mass is 9.88. The van der Waals surface area contributed by atoms with Crippen molar-refractivity contribution in [3.05, 3.63) is 0 Å². The van der Waals surface area contributed by atoms with Crippen molar-refractivity contribution >= 4 is 11.9 Å². The maximum absolute atomic E-state index is 11.6. The second-order valence-electron chi connectivity index (χ2n) is 4.78. The van der Waals surface area contributed by atoms with Crippen LogP contribution in [0.15, 0.2) is 0 Å². The summed E-state index contributed by atoms with van der Waals surface area (Å²) < 4.78 is 0. The lowest BCUT2D eigenvalue weighted by Gasteiger charge is -2.36. The average molecular weight is 225 g/mol. The summed E-state index contributed by atoms with van der Waals surface area (Å²) >= 11 is 0. The van der Waals surface area contributed by atoms with Gasteiger partial charge in [-0.05, 0) is 18.8 Å². The molecule has 1 saturated carbocycles. The molecular weight excluding hydrogens is 206 g/mol. The molecule has 1 saturated heterocycles. The molecule has 1 aliphatic carbocycles. The first-order chi connectivity index (χ1) is 7.66. The number of hydrogen-bond donors (Lipinski definition) is 2. The van der Waals surface area contributed by atoms with Gasteiger partial charge in [0.25, 0.3) is 0 Å². The zero-order valence-corrected chi connectivity index (χ0v) is 9.45. The molecule has 2 aliphatic rings. The van der Waals surface area contributed by atoms with Crippen molar-refractivity contribution in [3.63, 3.8) is 0 Å². The number of imide groups is 1. The molecule has 5 nitrogen and oxygen atoms in total. The number of nitrogens with one attached hydrogen (secondary N) is 1. The van der Waals surface area contributed by atoms with Gasteiger partial charge in [-0.15, -0.1) is 0 Å². The van der Waals surface area contributed by atoms with Crippen molar-refractivity contribution in [1.82, 2.24) is 10.2 Å². The largest absolute Gasteiger partial charge is 0.325 e. The van der Waals surface area contributed by atoms with Crippen molar-refractivity contribution in [2.45, 2.75) is 44.7 Å². The molecule has 0 bridgehead atoms. The van der Waals surface area contributed by atoms with Gasteiger partial charge in [0.05, 0.1) is 12.6 Å². The zero-order valence-electron chi connectivity index (χ0n) is 9.45. The van der Waals surface area contributed by atoms with Gasteiger partial charge in [-0.1, -0.05) is 19.3 Å². The lowest BCUT2D eigenvalue weighted by molar-refractivity contribution is -0.122. The maximum Gasteiger partial charge on any atom is 0.325 e. The Bertz CT molecular complexity index is 287. The van der Waals surface area contributed by atoms with Crippen LogP contribution in [-0.4, -0.2) is 29.5 Å². The third-order valence-corrected chi connectivity index (χ3v) is 3.48. The number of rotatable bonds is 2. The minimum atomic E-state index is -0.442. The minimum absolute atomic E-state index is 0.221. The highest BCUT2D eigenvalue weighted by Gasteiger charge is 2.31. The number of nitrogens with zero attached hydrogens (tertiary/aromatic N) is 1. The number of carbonyl (C=O) groups excluding carboxylic acids is 2. The molecule has 1 heterocycles. The second kappa shape index (κ2) is 4.82. The molecule has 5 heteroatoms. The Balaban J connectivity index is 1.91. The third kappa shape index (κ3) is 2.52. The summed E-state index contributed by atoms with van der Waals surface area (Å²) in [5.74, 6) is 0.288. The predicted molar refractivity (Wildman–Crippen MR) is 59.4 cm³/mol. The van der Waals surface area contributed by atoms with Gasteiger partial charge in [-0.3, -0.25) is 10.1 Å². The molecule has 2 rings (SSSR count). The Morgan fingerprint density at radius 2 is 1.94 bits per heavy atom. The van der Waals surface area contributed by atoms with Crippen LogP contribution in [0.25, 0.3) is 0 Å². The van der Waals surface area contributed by atoms with E-state index in [1.54, 1.807) is 4.90 Å². The van der Waals surface area contributed by atoms with Crippen molar-refractivity contribution in [2.75, 3.05) is 6.54 Å². The molecule has 0 spiro atoms. The quantitative estimate of drug-likeness (QED) is 0.729. The van der Waals surface area contributed by atoms with E-state index in [0.29, 0.717) is 12.5 Å². The molecule has 3 amide bonds. The smallest absolute Gasteiger partial charge is 0.311 e. The second-order valence-corrected chi connectivity index (χ2v) is 4.78. The fourth-order valence-corrected chi connectivity index (χ4v) is 2.56. The van der Waals surface area contributed by atoms with Crippen molar-refractivity contribution in [1.29, 1.82) is 0 Å². The standard InChI is InChI=1S/C11H19N3O2/c12-9-6-10(15)13-11(16)14(9)7-8-4-2-1-3-5-8/h8-9H,1-7,12H2,(H,13,15,16). The predicted octanol–water partition coefficient (Wildman–Crippen LogP) is 0.793. The first-order valence-electron chi connectivity index (χ1n) is 6.03. The summed E-state index contributed by atoms with van der Waals surface area (Å²) in [4.78, 5) is 24.3. The van der Waals surface area contributed by atoms with Crippen LogP contribution in [0.1, 0.15) is 38.5 Å². The first kappa shape index (κ1) is 11.4. The Kier molecular flexibility index (Phi) is 3.43. The number of urea groups is 1. The van der Waals surface area contributed by atoms with Crippen LogP contribution in [0, 0.1) is 5.92 Å². The number of amides is 3. The van der Waals surface area contributed by atoms with Gasteiger partial charge in [-0.2, -0.15) is 0 Å². The summed E-state index contributed by atoms with van der Waals surface area (Å²) in [6, 6.07) is -0.325. The Morgan fingerprint density at radius 3 is 2.56 bits per heavy atom. The highest BCUT2D eigenvalue weighted by atomic mass is 16.2. The van der Waals surface area contributed by atoms with Crippen LogP contribution in [0.5, 0.6) is 0 Å². The normalized spacial score (nSPS) is 28.1. The van der Waals surface area contributed by atoms with Crippen LogP contribution in [0.4, 0.5) is 4.79 Å². The number of nitrogens with two attached hydrogens (primary N) is 1. The molecule has 3 N–H and O–H groups in total. The van der Waals surface area contributed by atoms with Crippen molar-refractivity contribution < 1.29 is 9.59 Å². The van der Waals surface area contributed by atoms with Gasteiger partial charge in [-0.25, -0.2) is 4.79 Å². The SMILES string of the molecule is NC1CC(=O)NC(=O)N1CC1CCCCC1. The summed E-state index contributed by atoms with van der Waals surface area (Å²) in [6.07, 6.45) is 5.91. The van der Waals surface area contributed by atoms with Crippen molar-refractivity contribution in [2.24, 2.45) is 11.7 Å². The van der Waals surface area contributed by atoms with E-state index in [0.717, 1.165) is 0 Å². The molecule has 16 heavy (non-hydrogen) atoms. The van der Waals surface area contributed by atoms with Crippen LogP contribution < -0.4 is 11.1 Å². The number of hydrogen-bond acceptors (Lipinski definition) is 3.